The molecule has 0 unspecified atom stereocenters. The van der Waals surface area contributed by atoms with E-state index >= 15 is 0 Å². The lowest BCUT2D eigenvalue weighted by molar-refractivity contribution is -0.139. The van der Waals surface area contributed by atoms with Crippen LogP contribution in [-0.2, 0) is 14.4 Å². The molecule has 0 aromatic rings. The van der Waals surface area contributed by atoms with Gasteiger partial charge in [0, 0.05) is 0 Å². The van der Waals surface area contributed by atoms with Crippen LogP contribution in [0, 0.1) is 5.92 Å². The van der Waals surface area contributed by atoms with Crippen molar-refractivity contribution in [2.24, 2.45) is 17.4 Å². The number of carboxylic acid groups (broad SMARTS) is 1. The lowest BCUT2D eigenvalue weighted by atomic mass is 10.0. The van der Waals surface area contributed by atoms with Gasteiger partial charge in [-0.2, -0.15) is 0 Å². The molecule has 0 rings (SSSR count). The van der Waals surface area contributed by atoms with Crippen LogP contribution in [0.5, 0.6) is 0 Å². The molecule has 0 aliphatic heterocycles. The van der Waals surface area contributed by atoms with E-state index in [0.717, 1.165) is 0 Å². The zero-order valence-electron chi connectivity index (χ0n) is 9.27. The zero-order valence-corrected chi connectivity index (χ0v) is 9.27. The van der Waals surface area contributed by atoms with Crippen molar-refractivity contribution in [3.63, 3.8) is 0 Å². The quantitative estimate of drug-likeness (QED) is 0.437. The van der Waals surface area contributed by atoms with Gasteiger partial charge in [-0.15, -0.1) is 0 Å². The molecule has 0 saturated carbocycles. The second-order valence-corrected chi connectivity index (χ2v) is 3.84. The van der Waals surface area contributed by atoms with Crippen LogP contribution >= 0.6 is 0 Å². The summed E-state index contributed by atoms with van der Waals surface area (Å²) in [5.41, 5.74) is 10.4. The van der Waals surface area contributed by atoms with Gasteiger partial charge in [0.2, 0.25) is 11.8 Å². The van der Waals surface area contributed by atoms with Gasteiger partial charge in [-0.3, -0.25) is 14.4 Å². The number of aliphatic carboxylic acids is 1. The minimum atomic E-state index is -1.18. The van der Waals surface area contributed by atoms with Gasteiger partial charge >= 0.3 is 5.97 Å². The number of hydrogen-bond acceptors (Lipinski definition) is 4. The van der Waals surface area contributed by atoms with Crippen molar-refractivity contribution in [3.05, 3.63) is 0 Å². The molecule has 2 amide bonds. The van der Waals surface area contributed by atoms with E-state index in [2.05, 4.69) is 5.32 Å². The summed E-state index contributed by atoms with van der Waals surface area (Å²) in [5, 5.41) is 10.8. The van der Waals surface area contributed by atoms with Gasteiger partial charge < -0.3 is 21.9 Å². The van der Waals surface area contributed by atoms with Crippen LogP contribution in [0.1, 0.15) is 20.3 Å². The molecule has 0 bridgehead atoms. The molecule has 7 heteroatoms. The summed E-state index contributed by atoms with van der Waals surface area (Å²) in [5.74, 6) is -2.73. The SMILES string of the molecule is CC(C)[C@@H](NC(=O)[C@@H](N)CC(=O)O)C(N)=O. The Labute approximate surface area is 93.2 Å². The predicted molar refractivity (Wildman–Crippen MR) is 56.2 cm³/mol. The lowest BCUT2D eigenvalue weighted by Gasteiger charge is -2.20. The van der Waals surface area contributed by atoms with Crippen molar-refractivity contribution in [1.82, 2.24) is 5.32 Å². The smallest absolute Gasteiger partial charge is 0.305 e. The van der Waals surface area contributed by atoms with Crippen LogP contribution in [0.25, 0.3) is 0 Å². The molecular weight excluding hydrogens is 214 g/mol. The van der Waals surface area contributed by atoms with Crippen molar-refractivity contribution in [2.45, 2.75) is 32.4 Å². The highest BCUT2D eigenvalue weighted by Crippen LogP contribution is 2.01. The summed E-state index contributed by atoms with van der Waals surface area (Å²) in [7, 11) is 0. The molecule has 6 N–H and O–H groups in total. The monoisotopic (exact) mass is 231 g/mol. The van der Waals surface area contributed by atoms with Crippen molar-refractivity contribution >= 4 is 17.8 Å². The molecule has 0 aromatic carbocycles. The molecule has 0 aromatic heterocycles. The largest absolute Gasteiger partial charge is 0.481 e. The first-order valence-electron chi connectivity index (χ1n) is 4.82. The Balaban J connectivity index is 4.40. The van der Waals surface area contributed by atoms with E-state index in [1.54, 1.807) is 13.8 Å². The molecule has 0 saturated heterocycles. The van der Waals surface area contributed by atoms with Crippen LogP contribution in [0.2, 0.25) is 0 Å². The van der Waals surface area contributed by atoms with Crippen LogP contribution in [0.15, 0.2) is 0 Å². The van der Waals surface area contributed by atoms with Crippen LogP contribution in [0.4, 0.5) is 0 Å². The third-order valence-corrected chi connectivity index (χ3v) is 2.00. The van der Waals surface area contributed by atoms with Gasteiger partial charge in [-0.05, 0) is 5.92 Å². The van der Waals surface area contributed by atoms with Crippen molar-refractivity contribution in [3.8, 4) is 0 Å². The fourth-order valence-electron chi connectivity index (χ4n) is 1.11. The average Bonchev–Trinajstić information content (AvgIpc) is 2.11. The number of nitrogens with one attached hydrogen (secondary N) is 1. The topological polar surface area (TPSA) is 136 Å². The number of hydrogen-bond donors (Lipinski definition) is 4. The Morgan fingerprint density at radius 1 is 1.31 bits per heavy atom. The molecule has 0 radical (unpaired) electrons. The molecule has 0 aliphatic carbocycles. The Morgan fingerprint density at radius 2 is 1.81 bits per heavy atom. The fourth-order valence-corrected chi connectivity index (χ4v) is 1.11. The number of amides is 2. The highest BCUT2D eigenvalue weighted by atomic mass is 16.4. The van der Waals surface area contributed by atoms with Crippen LogP contribution in [-0.4, -0.2) is 35.0 Å². The zero-order chi connectivity index (χ0) is 12.9. The van der Waals surface area contributed by atoms with Crippen LogP contribution < -0.4 is 16.8 Å². The number of nitrogens with two attached hydrogens (primary N) is 2. The molecular formula is C9H17N3O4. The summed E-state index contributed by atoms with van der Waals surface area (Å²) in [6.07, 6.45) is -0.491. The third-order valence-electron chi connectivity index (χ3n) is 2.00. The number of rotatable bonds is 6. The molecule has 0 aliphatic rings. The minimum Gasteiger partial charge on any atom is -0.481 e. The van der Waals surface area contributed by atoms with Gasteiger partial charge in [0.25, 0.3) is 0 Å². The minimum absolute atomic E-state index is 0.182. The lowest BCUT2D eigenvalue weighted by Crippen LogP contribution is -2.53. The maximum atomic E-state index is 11.4. The van der Waals surface area contributed by atoms with E-state index in [0.29, 0.717) is 0 Å². The van der Waals surface area contributed by atoms with Gasteiger partial charge in [0.05, 0.1) is 12.5 Å². The van der Waals surface area contributed by atoms with Crippen molar-refractivity contribution in [1.29, 1.82) is 0 Å². The normalized spacial score (nSPS) is 14.2. The predicted octanol–water partition coefficient (Wildman–Crippen LogP) is -1.59. The second kappa shape index (κ2) is 6.06. The maximum absolute atomic E-state index is 11.4. The van der Waals surface area contributed by atoms with Crippen molar-refractivity contribution in [2.75, 3.05) is 0 Å². The van der Waals surface area contributed by atoms with Crippen LogP contribution in [0.3, 0.4) is 0 Å². The molecule has 92 valence electrons. The molecule has 0 fully saturated rings. The summed E-state index contributed by atoms with van der Waals surface area (Å²) in [6, 6.07) is -2.02. The summed E-state index contributed by atoms with van der Waals surface area (Å²) in [6.45, 7) is 3.41. The average molecular weight is 231 g/mol. The fraction of sp³-hybridized carbons (Fsp3) is 0.667. The highest BCUT2D eigenvalue weighted by Gasteiger charge is 2.25. The second-order valence-electron chi connectivity index (χ2n) is 3.84. The van der Waals surface area contributed by atoms with Gasteiger partial charge in [-0.1, -0.05) is 13.8 Å². The molecule has 7 nitrogen and oxygen atoms in total. The third kappa shape index (κ3) is 4.74. The van der Waals surface area contributed by atoms with Gasteiger partial charge in [0.15, 0.2) is 0 Å². The summed E-state index contributed by atoms with van der Waals surface area (Å²) >= 11 is 0. The Bertz CT molecular complexity index is 290. The molecule has 16 heavy (non-hydrogen) atoms. The van der Waals surface area contributed by atoms with Crippen molar-refractivity contribution < 1.29 is 19.5 Å². The maximum Gasteiger partial charge on any atom is 0.305 e. The summed E-state index contributed by atoms with van der Waals surface area (Å²) < 4.78 is 0. The van der Waals surface area contributed by atoms with E-state index in [1.807, 2.05) is 0 Å². The number of carboxylic acids is 1. The van der Waals surface area contributed by atoms with Gasteiger partial charge in [-0.25, -0.2) is 0 Å². The number of carbonyl (C=O) groups is 3. The van der Waals surface area contributed by atoms with E-state index in [1.165, 1.54) is 0 Å². The molecule has 2 atom stereocenters. The first-order chi connectivity index (χ1) is 7.25. The first-order valence-corrected chi connectivity index (χ1v) is 4.82. The number of primary amides is 1. The Morgan fingerprint density at radius 3 is 2.12 bits per heavy atom. The van der Waals surface area contributed by atoms with E-state index in [9.17, 15) is 14.4 Å². The Hall–Kier alpha value is -1.63. The standard InChI is InChI=1S/C9H17N3O4/c1-4(2)7(8(11)15)12-9(16)5(10)3-6(13)14/h4-5,7H,3,10H2,1-2H3,(H2,11,15)(H,12,16)(H,13,14)/t5-,7+/m0/s1. The number of carbonyl (C=O) groups excluding carboxylic acids is 2. The van der Waals surface area contributed by atoms with E-state index in [-0.39, 0.29) is 5.92 Å². The molecule has 0 heterocycles. The Kier molecular flexibility index (Phi) is 5.44. The highest BCUT2D eigenvalue weighted by molar-refractivity contribution is 5.90. The van der Waals surface area contributed by atoms with E-state index in [4.69, 9.17) is 16.6 Å². The van der Waals surface area contributed by atoms with E-state index < -0.39 is 36.3 Å². The summed E-state index contributed by atoms with van der Waals surface area (Å²) in [4.78, 5) is 32.7. The van der Waals surface area contributed by atoms with Gasteiger partial charge in [0.1, 0.15) is 6.04 Å². The molecule has 0 spiro atoms. The first kappa shape index (κ1) is 14.4.